The molecule has 0 unspecified atom stereocenters. The maximum absolute atomic E-state index is 5.75. The lowest BCUT2D eigenvalue weighted by Gasteiger charge is -2.08. The van der Waals surface area contributed by atoms with Gasteiger partial charge >= 0.3 is 0 Å². The van der Waals surface area contributed by atoms with Crippen LogP contribution in [0, 0.1) is 10.6 Å². The summed E-state index contributed by atoms with van der Waals surface area (Å²) < 4.78 is 6.67. The Morgan fingerprint density at radius 1 is 1.24 bits per heavy atom. The standard InChI is InChI=1S/C14H14INO/c1-11-9-13(14(15)16-10-11)17-8-7-12-5-3-2-4-6-12/h2-6,9-10H,7-8H2,1H3. The van der Waals surface area contributed by atoms with Crippen molar-refractivity contribution >= 4 is 22.6 Å². The van der Waals surface area contributed by atoms with Gasteiger partial charge in [-0.15, -0.1) is 0 Å². The average molecular weight is 339 g/mol. The smallest absolute Gasteiger partial charge is 0.151 e. The van der Waals surface area contributed by atoms with Gasteiger partial charge in [-0.3, -0.25) is 0 Å². The van der Waals surface area contributed by atoms with Gasteiger partial charge in [-0.1, -0.05) is 30.3 Å². The Morgan fingerprint density at radius 2 is 2.00 bits per heavy atom. The van der Waals surface area contributed by atoms with Crippen molar-refractivity contribution in [3.63, 3.8) is 0 Å². The first-order valence-corrected chi connectivity index (χ1v) is 6.62. The molecule has 1 aromatic heterocycles. The van der Waals surface area contributed by atoms with E-state index in [0.717, 1.165) is 21.4 Å². The van der Waals surface area contributed by atoms with Gasteiger partial charge in [0.15, 0.2) is 5.75 Å². The van der Waals surface area contributed by atoms with E-state index in [1.54, 1.807) is 0 Å². The Balaban J connectivity index is 1.92. The van der Waals surface area contributed by atoms with Gasteiger partial charge in [0.25, 0.3) is 0 Å². The topological polar surface area (TPSA) is 22.1 Å². The first-order valence-electron chi connectivity index (χ1n) is 5.54. The normalized spacial score (nSPS) is 10.2. The summed E-state index contributed by atoms with van der Waals surface area (Å²) in [5.41, 5.74) is 2.42. The number of hydrogen-bond donors (Lipinski definition) is 0. The summed E-state index contributed by atoms with van der Waals surface area (Å²) in [5.74, 6) is 0.876. The van der Waals surface area contributed by atoms with Gasteiger partial charge in [-0.2, -0.15) is 0 Å². The number of aromatic nitrogens is 1. The van der Waals surface area contributed by atoms with E-state index in [4.69, 9.17) is 4.74 Å². The summed E-state index contributed by atoms with van der Waals surface area (Å²) in [6.07, 6.45) is 2.77. The van der Waals surface area contributed by atoms with Crippen molar-refractivity contribution in [2.24, 2.45) is 0 Å². The minimum absolute atomic E-state index is 0.686. The van der Waals surface area contributed by atoms with Crippen LogP contribution in [0.15, 0.2) is 42.6 Å². The molecule has 0 saturated carbocycles. The SMILES string of the molecule is Cc1cnc(I)c(OCCc2ccccc2)c1. The van der Waals surface area contributed by atoms with Crippen LogP contribution in [0.3, 0.4) is 0 Å². The second-order valence-corrected chi connectivity index (χ2v) is 4.91. The predicted octanol–water partition coefficient (Wildman–Crippen LogP) is 3.62. The summed E-state index contributed by atoms with van der Waals surface area (Å²) in [6, 6.07) is 12.4. The molecule has 17 heavy (non-hydrogen) atoms. The molecule has 0 aliphatic carbocycles. The molecular weight excluding hydrogens is 325 g/mol. The van der Waals surface area contributed by atoms with E-state index in [-0.39, 0.29) is 0 Å². The van der Waals surface area contributed by atoms with Crippen LogP contribution in [-0.2, 0) is 6.42 Å². The van der Waals surface area contributed by atoms with E-state index in [9.17, 15) is 0 Å². The number of ether oxygens (including phenoxy) is 1. The van der Waals surface area contributed by atoms with Crippen LogP contribution in [0.1, 0.15) is 11.1 Å². The third kappa shape index (κ3) is 3.70. The van der Waals surface area contributed by atoms with Gasteiger partial charge in [0.05, 0.1) is 6.61 Å². The molecule has 0 N–H and O–H groups in total. The fraction of sp³-hybridized carbons (Fsp3) is 0.214. The van der Waals surface area contributed by atoms with Gasteiger partial charge in [0.2, 0.25) is 0 Å². The van der Waals surface area contributed by atoms with Crippen LogP contribution in [0.5, 0.6) is 5.75 Å². The lowest BCUT2D eigenvalue weighted by atomic mass is 10.2. The molecule has 0 aliphatic heterocycles. The minimum Gasteiger partial charge on any atom is -0.490 e. The molecule has 0 spiro atoms. The fourth-order valence-electron chi connectivity index (χ4n) is 1.55. The molecule has 2 nitrogen and oxygen atoms in total. The second kappa shape index (κ2) is 6.00. The van der Waals surface area contributed by atoms with Crippen molar-refractivity contribution in [3.05, 3.63) is 57.4 Å². The molecule has 88 valence electrons. The highest BCUT2D eigenvalue weighted by Crippen LogP contribution is 2.19. The van der Waals surface area contributed by atoms with E-state index in [1.165, 1.54) is 5.56 Å². The molecule has 1 heterocycles. The summed E-state index contributed by atoms with van der Waals surface area (Å²) in [4.78, 5) is 4.27. The molecule has 2 aromatic rings. The Kier molecular flexibility index (Phi) is 4.36. The van der Waals surface area contributed by atoms with Crippen LogP contribution < -0.4 is 4.74 Å². The third-order valence-corrected chi connectivity index (χ3v) is 3.24. The summed E-state index contributed by atoms with van der Waals surface area (Å²) in [6.45, 7) is 2.71. The molecule has 0 saturated heterocycles. The van der Waals surface area contributed by atoms with Crippen molar-refractivity contribution < 1.29 is 4.74 Å². The Labute approximate surface area is 115 Å². The second-order valence-electron chi connectivity index (χ2n) is 3.89. The third-order valence-electron chi connectivity index (χ3n) is 2.43. The quantitative estimate of drug-likeness (QED) is 0.627. The molecule has 0 radical (unpaired) electrons. The lowest BCUT2D eigenvalue weighted by Crippen LogP contribution is -2.03. The zero-order chi connectivity index (χ0) is 12.1. The monoisotopic (exact) mass is 339 g/mol. The Bertz CT molecular complexity index is 485. The van der Waals surface area contributed by atoms with E-state index in [1.807, 2.05) is 37.4 Å². The molecule has 0 amide bonds. The highest BCUT2D eigenvalue weighted by Gasteiger charge is 2.02. The summed E-state index contributed by atoms with van der Waals surface area (Å²) in [7, 11) is 0. The number of pyridine rings is 1. The van der Waals surface area contributed by atoms with E-state index >= 15 is 0 Å². The number of benzene rings is 1. The van der Waals surface area contributed by atoms with Gasteiger partial charge in [0, 0.05) is 12.6 Å². The predicted molar refractivity (Wildman–Crippen MR) is 77.3 cm³/mol. The van der Waals surface area contributed by atoms with E-state index in [0.29, 0.717) is 6.61 Å². The molecule has 0 aliphatic rings. The highest BCUT2D eigenvalue weighted by atomic mass is 127. The van der Waals surface area contributed by atoms with Crippen LogP contribution >= 0.6 is 22.6 Å². The zero-order valence-corrected chi connectivity index (χ0v) is 11.8. The van der Waals surface area contributed by atoms with Gasteiger partial charge in [-0.25, -0.2) is 4.98 Å². The molecule has 0 fully saturated rings. The minimum atomic E-state index is 0.686. The average Bonchev–Trinajstić information content (AvgIpc) is 2.35. The molecule has 3 heteroatoms. The Morgan fingerprint density at radius 3 is 2.76 bits per heavy atom. The molecule has 0 atom stereocenters. The number of hydrogen-bond acceptors (Lipinski definition) is 2. The van der Waals surface area contributed by atoms with Crippen molar-refractivity contribution in [2.75, 3.05) is 6.61 Å². The highest BCUT2D eigenvalue weighted by molar-refractivity contribution is 14.1. The zero-order valence-electron chi connectivity index (χ0n) is 9.69. The molecular formula is C14H14INO. The van der Waals surface area contributed by atoms with Crippen molar-refractivity contribution in [3.8, 4) is 5.75 Å². The lowest BCUT2D eigenvalue weighted by molar-refractivity contribution is 0.318. The Hall–Kier alpha value is -1.10. The van der Waals surface area contributed by atoms with Crippen LogP contribution in [0.2, 0.25) is 0 Å². The number of halogens is 1. The van der Waals surface area contributed by atoms with Gasteiger partial charge in [-0.05, 0) is 46.7 Å². The van der Waals surface area contributed by atoms with Crippen molar-refractivity contribution in [2.45, 2.75) is 13.3 Å². The van der Waals surface area contributed by atoms with Crippen LogP contribution in [-0.4, -0.2) is 11.6 Å². The van der Waals surface area contributed by atoms with E-state index < -0.39 is 0 Å². The largest absolute Gasteiger partial charge is 0.490 e. The first kappa shape index (κ1) is 12.4. The van der Waals surface area contributed by atoms with Gasteiger partial charge < -0.3 is 4.74 Å². The van der Waals surface area contributed by atoms with Crippen LogP contribution in [0.4, 0.5) is 0 Å². The maximum Gasteiger partial charge on any atom is 0.151 e. The first-order chi connectivity index (χ1) is 8.25. The number of nitrogens with zero attached hydrogens (tertiary/aromatic N) is 1. The summed E-state index contributed by atoms with van der Waals surface area (Å²) >= 11 is 2.20. The molecule has 2 rings (SSSR count). The fourth-order valence-corrected chi connectivity index (χ4v) is 2.00. The van der Waals surface area contributed by atoms with Crippen LogP contribution in [0.25, 0.3) is 0 Å². The molecule has 0 bridgehead atoms. The number of rotatable bonds is 4. The number of aryl methyl sites for hydroxylation is 1. The molecule has 1 aromatic carbocycles. The summed E-state index contributed by atoms with van der Waals surface area (Å²) in [5, 5.41) is 0. The van der Waals surface area contributed by atoms with E-state index in [2.05, 4.69) is 39.7 Å². The van der Waals surface area contributed by atoms with Gasteiger partial charge in [0.1, 0.15) is 3.70 Å². The van der Waals surface area contributed by atoms with Crippen molar-refractivity contribution in [1.82, 2.24) is 4.98 Å². The maximum atomic E-state index is 5.75. The van der Waals surface area contributed by atoms with Crippen molar-refractivity contribution in [1.29, 1.82) is 0 Å².